The molecule has 1 amide bonds. The van der Waals surface area contributed by atoms with E-state index in [0.717, 1.165) is 36.1 Å². The van der Waals surface area contributed by atoms with Gasteiger partial charge in [-0.1, -0.05) is 30.7 Å². The van der Waals surface area contributed by atoms with E-state index in [-0.39, 0.29) is 5.91 Å². The third-order valence-corrected chi connectivity index (χ3v) is 4.20. The van der Waals surface area contributed by atoms with Crippen molar-refractivity contribution in [2.24, 2.45) is 5.73 Å². The van der Waals surface area contributed by atoms with E-state index in [1.165, 1.54) is 12.8 Å². The van der Waals surface area contributed by atoms with Crippen molar-refractivity contribution in [2.45, 2.75) is 45.6 Å². The van der Waals surface area contributed by atoms with E-state index in [4.69, 9.17) is 5.73 Å². The first kappa shape index (κ1) is 15.6. The van der Waals surface area contributed by atoms with Gasteiger partial charge < -0.3 is 10.6 Å². The van der Waals surface area contributed by atoms with Gasteiger partial charge in [0.15, 0.2) is 0 Å². The van der Waals surface area contributed by atoms with E-state index in [1.54, 1.807) is 0 Å². The van der Waals surface area contributed by atoms with Crippen molar-refractivity contribution < 1.29 is 4.79 Å². The first-order valence-electron chi connectivity index (χ1n) is 7.74. The van der Waals surface area contributed by atoms with Crippen LogP contribution in [0.25, 0.3) is 0 Å². The highest BCUT2D eigenvalue weighted by molar-refractivity contribution is 5.96. The molecule has 1 atom stereocenters. The van der Waals surface area contributed by atoms with Crippen molar-refractivity contribution in [3.8, 4) is 11.8 Å². The predicted molar refractivity (Wildman–Crippen MR) is 86.1 cm³/mol. The summed E-state index contributed by atoms with van der Waals surface area (Å²) in [6.45, 7) is 5.31. The first-order valence-corrected chi connectivity index (χ1v) is 7.74. The Morgan fingerprint density at radius 1 is 1.38 bits per heavy atom. The molecule has 2 N–H and O–H groups in total. The van der Waals surface area contributed by atoms with Crippen LogP contribution in [0.3, 0.4) is 0 Å². The lowest BCUT2D eigenvalue weighted by Gasteiger charge is -2.28. The molecule has 1 aromatic rings. The van der Waals surface area contributed by atoms with Gasteiger partial charge in [-0.05, 0) is 44.4 Å². The minimum Gasteiger partial charge on any atom is -0.336 e. The number of likely N-dealkylation sites (tertiary alicyclic amines) is 1. The Labute approximate surface area is 127 Å². The molecule has 2 rings (SSSR count). The summed E-state index contributed by atoms with van der Waals surface area (Å²) in [5.41, 5.74) is 8.05. The summed E-state index contributed by atoms with van der Waals surface area (Å²) in [7, 11) is 0. The number of hydrogen-bond acceptors (Lipinski definition) is 2. The monoisotopic (exact) mass is 284 g/mol. The molecule has 1 aliphatic heterocycles. The average Bonchev–Trinajstić information content (AvgIpc) is 2.70. The van der Waals surface area contributed by atoms with Crippen molar-refractivity contribution in [3.63, 3.8) is 0 Å². The normalized spacial score (nSPS) is 18.6. The number of carbonyl (C=O) groups excluding carboxylic acids is 1. The van der Waals surface area contributed by atoms with Gasteiger partial charge in [-0.2, -0.15) is 0 Å². The molecule has 1 aliphatic rings. The van der Waals surface area contributed by atoms with Crippen molar-refractivity contribution in [1.29, 1.82) is 0 Å². The van der Waals surface area contributed by atoms with Crippen LogP contribution in [0.1, 0.15) is 54.1 Å². The molecular formula is C18H24N2O. The fourth-order valence-electron chi connectivity index (χ4n) is 2.88. The molecule has 0 bridgehead atoms. The maximum absolute atomic E-state index is 12.9. The maximum Gasteiger partial charge on any atom is 0.254 e. The zero-order valence-electron chi connectivity index (χ0n) is 13.0. The maximum atomic E-state index is 12.9. The van der Waals surface area contributed by atoms with Gasteiger partial charge in [-0.3, -0.25) is 4.79 Å². The van der Waals surface area contributed by atoms with Gasteiger partial charge in [0.25, 0.3) is 5.91 Å². The fourth-order valence-corrected chi connectivity index (χ4v) is 2.88. The lowest BCUT2D eigenvalue weighted by atomic mass is 10.0. The van der Waals surface area contributed by atoms with Crippen LogP contribution in [0.15, 0.2) is 18.2 Å². The number of nitrogens with two attached hydrogens (primary N) is 1. The number of nitrogens with zero attached hydrogens (tertiary/aromatic N) is 1. The van der Waals surface area contributed by atoms with Crippen LogP contribution in [0.2, 0.25) is 0 Å². The van der Waals surface area contributed by atoms with Gasteiger partial charge in [-0.25, -0.2) is 0 Å². The van der Waals surface area contributed by atoms with Crippen molar-refractivity contribution in [3.05, 3.63) is 34.9 Å². The lowest BCUT2D eigenvalue weighted by molar-refractivity contribution is 0.0697. The fraction of sp³-hybridized carbons (Fsp3) is 0.500. The second-order valence-electron chi connectivity index (χ2n) is 5.68. The minimum atomic E-state index is 0.137. The van der Waals surface area contributed by atoms with Gasteiger partial charge in [0.2, 0.25) is 0 Å². The summed E-state index contributed by atoms with van der Waals surface area (Å²) in [6, 6.07) is 6.07. The average molecular weight is 284 g/mol. The van der Waals surface area contributed by atoms with Crippen molar-refractivity contribution in [2.75, 3.05) is 13.1 Å². The molecule has 0 aromatic heterocycles. The summed E-state index contributed by atoms with van der Waals surface area (Å²) in [6.07, 6.45) is 4.63. The number of hydrogen-bond donors (Lipinski definition) is 1. The Hall–Kier alpha value is -1.79. The van der Waals surface area contributed by atoms with Crippen molar-refractivity contribution >= 4 is 5.91 Å². The smallest absolute Gasteiger partial charge is 0.254 e. The third kappa shape index (κ3) is 3.65. The molecule has 21 heavy (non-hydrogen) atoms. The SMILES string of the molecule is Cc1c(C#CCN)cccc1C(=O)N1CCCCCC1C. The highest BCUT2D eigenvalue weighted by atomic mass is 16.2. The van der Waals surface area contributed by atoms with Gasteiger partial charge >= 0.3 is 0 Å². The second-order valence-corrected chi connectivity index (χ2v) is 5.68. The minimum absolute atomic E-state index is 0.137. The Morgan fingerprint density at radius 3 is 2.95 bits per heavy atom. The summed E-state index contributed by atoms with van der Waals surface area (Å²) >= 11 is 0. The second kappa shape index (κ2) is 7.28. The van der Waals surface area contributed by atoms with E-state index in [9.17, 15) is 4.79 Å². The zero-order valence-corrected chi connectivity index (χ0v) is 13.0. The van der Waals surface area contributed by atoms with Crippen LogP contribution in [0.4, 0.5) is 0 Å². The molecule has 1 heterocycles. The van der Waals surface area contributed by atoms with Crippen LogP contribution >= 0.6 is 0 Å². The predicted octanol–water partition coefficient (Wildman–Crippen LogP) is 2.71. The molecule has 1 unspecified atom stereocenters. The van der Waals surface area contributed by atoms with Crippen LogP contribution in [-0.4, -0.2) is 29.9 Å². The molecular weight excluding hydrogens is 260 g/mol. The number of carbonyl (C=O) groups is 1. The van der Waals surface area contributed by atoms with E-state index < -0.39 is 0 Å². The molecule has 1 fully saturated rings. The Bertz CT molecular complexity index is 568. The standard InChI is InChI=1S/C18H24N2O/c1-14-8-4-3-5-13-20(14)18(21)17-11-6-9-16(15(17)2)10-7-12-19/h6,9,11,14H,3-5,8,12-13,19H2,1-2H3. The largest absolute Gasteiger partial charge is 0.336 e. The molecule has 0 radical (unpaired) electrons. The van der Waals surface area contributed by atoms with E-state index in [0.29, 0.717) is 12.6 Å². The highest BCUT2D eigenvalue weighted by Crippen LogP contribution is 2.21. The molecule has 112 valence electrons. The van der Waals surface area contributed by atoms with Crippen LogP contribution in [0.5, 0.6) is 0 Å². The Balaban J connectivity index is 2.30. The summed E-state index contributed by atoms with van der Waals surface area (Å²) in [5, 5.41) is 0. The van der Waals surface area contributed by atoms with Gasteiger partial charge in [0, 0.05) is 23.7 Å². The highest BCUT2D eigenvalue weighted by Gasteiger charge is 2.24. The Morgan fingerprint density at radius 2 is 2.19 bits per heavy atom. The van der Waals surface area contributed by atoms with Crippen LogP contribution < -0.4 is 5.73 Å². The van der Waals surface area contributed by atoms with E-state index >= 15 is 0 Å². The summed E-state index contributed by atoms with van der Waals surface area (Å²) < 4.78 is 0. The number of rotatable bonds is 1. The molecule has 1 saturated heterocycles. The molecule has 3 nitrogen and oxygen atoms in total. The topological polar surface area (TPSA) is 46.3 Å². The Kier molecular flexibility index (Phi) is 5.41. The van der Waals surface area contributed by atoms with Gasteiger partial charge in [0.05, 0.1) is 6.54 Å². The van der Waals surface area contributed by atoms with Crippen LogP contribution in [0, 0.1) is 18.8 Å². The van der Waals surface area contributed by atoms with E-state index in [1.807, 2.05) is 30.0 Å². The summed E-state index contributed by atoms with van der Waals surface area (Å²) in [5.74, 6) is 6.05. The van der Waals surface area contributed by atoms with Gasteiger partial charge in [-0.15, -0.1) is 0 Å². The molecule has 1 aromatic carbocycles. The molecule has 0 saturated carbocycles. The number of benzene rings is 1. The molecule has 0 spiro atoms. The summed E-state index contributed by atoms with van der Waals surface area (Å²) in [4.78, 5) is 14.9. The van der Waals surface area contributed by atoms with E-state index in [2.05, 4.69) is 18.8 Å². The van der Waals surface area contributed by atoms with Crippen molar-refractivity contribution in [1.82, 2.24) is 4.90 Å². The third-order valence-electron chi connectivity index (χ3n) is 4.20. The zero-order chi connectivity index (χ0) is 15.2. The van der Waals surface area contributed by atoms with Gasteiger partial charge in [0.1, 0.15) is 0 Å². The lowest BCUT2D eigenvalue weighted by Crippen LogP contribution is -2.38. The quantitative estimate of drug-likeness (QED) is 0.806. The van der Waals surface area contributed by atoms with Crippen LogP contribution in [-0.2, 0) is 0 Å². The molecule has 3 heteroatoms. The molecule has 0 aliphatic carbocycles. The first-order chi connectivity index (χ1) is 10.1. The number of amides is 1.